The average Bonchev–Trinajstić information content (AvgIpc) is 3.22. The number of nitrogens with zero attached hydrogens (tertiary/aromatic N) is 3. The van der Waals surface area contributed by atoms with Crippen LogP contribution in [0.4, 0.5) is 5.69 Å². The van der Waals surface area contributed by atoms with Crippen molar-refractivity contribution in [2.24, 2.45) is 0 Å². The summed E-state index contributed by atoms with van der Waals surface area (Å²) in [4.78, 5) is 14.8. The van der Waals surface area contributed by atoms with Crippen LogP contribution in [0.5, 0.6) is 0 Å². The van der Waals surface area contributed by atoms with Gasteiger partial charge in [0.2, 0.25) is 0 Å². The Labute approximate surface area is 222 Å². The summed E-state index contributed by atoms with van der Waals surface area (Å²) in [6.45, 7) is 1.67. The summed E-state index contributed by atoms with van der Waals surface area (Å²) in [6, 6.07) is 18.8. The molecule has 9 heteroatoms. The van der Waals surface area contributed by atoms with E-state index in [1.807, 2.05) is 29.2 Å². The second-order valence-electron chi connectivity index (χ2n) is 7.51. The first-order chi connectivity index (χ1) is 15.5. The van der Waals surface area contributed by atoms with Gasteiger partial charge in [0, 0.05) is 63.6 Å². The van der Waals surface area contributed by atoms with Crippen LogP contribution in [0.1, 0.15) is 27.0 Å². The molecule has 0 atom stereocenters. The second-order valence-corrected chi connectivity index (χ2v) is 7.95. The molecular weight excluding hydrogens is 515 g/mol. The van der Waals surface area contributed by atoms with Gasteiger partial charge in [-0.25, -0.2) is 10.00 Å². The first-order valence-corrected chi connectivity index (χ1v) is 10.6. The third-order valence-electron chi connectivity index (χ3n) is 5.34. The first kappa shape index (κ1) is 25.3. The second kappa shape index (κ2) is 11.7. The molecule has 0 aliphatic carbocycles. The van der Waals surface area contributed by atoms with Gasteiger partial charge >= 0.3 is 0 Å². The minimum absolute atomic E-state index is 0. The van der Waals surface area contributed by atoms with Crippen molar-refractivity contribution < 1.29 is 42.7 Å². The van der Waals surface area contributed by atoms with E-state index < -0.39 is 0 Å². The zero-order valence-corrected chi connectivity index (χ0v) is 21.5. The smallest absolute Gasteiger partial charge is 0.258 e. The summed E-state index contributed by atoms with van der Waals surface area (Å²) in [5.74, 6) is -0.00592. The molecule has 0 unspecified atom stereocenters. The number of hydrogen-bond acceptors (Lipinski definition) is 4. The SMILES string of the molecule is O=C(c1cnn2ccc(CNO)cc12)N1CCc2ccccc2C1.[NH-]c1cccc(Cl)c1.[Y]. The number of hydrogen-bond donors (Lipinski definition) is 2. The minimum atomic E-state index is -0.00592. The number of hydroxylamine groups is 1. The fourth-order valence-electron chi connectivity index (χ4n) is 3.72. The van der Waals surface area contributed by atoms with Gasteiger partial charge in [-0.2, -0.15) is 5.10 Å². The number of benzene rings is 2. The minimum Gasteiger partial charge on any atom is -0.699 e. The van der Waals surface area contributed by atoms with Crippen molar-refractivity contribution in [3.63, 3.8) is 0 Å². The molecule has 0 bridgehead atoms. The number of nitrogens with one attached hydrogen (secondary N) is 2. The van der Waals surface area contributed by atoms with Crippen LogP contribution in [0.2, 0.25) is 5.02 Å². The molecule has 167 valence electrons. The number of pyridine rings is 1. The molecule has 3 heterocycles. The van der Waals surface area contributed by atoms with E-state index in [2.05, 4.69) is 22.7 Å². The van der Waals surface area contributed by atoms with E-state index in [4.69, 9.17) is 22.5 Å². The van der Waals surface area contributed by atoms with Crippen molar-refractivity contribution in [1.29, 1.82) is 0 Å². The van der Waals surface area contributed by atoms with Crippen molar-refractivity contribution in [3.05, 3.63) is 106 Å². The molecule has 1 aliphatic rings. The molecule has 2 aromatic carbocycles. The van der Waals surface area contributed by atoms with Gasteiger partial charge < -0.3 is 15.8 Å². The first-order valence-electron chi connectivity index (χ1n) is 10.2. The third-order valence-corrected chi connectivity index (χ3v) is 5.58. The fraction of sp³-hybridized carbons (Fsp3) is 0.167. The van der Waals surface area contributed by atoms with E-state index in [1.54, 1.807) is 41.2 Å². The van der Waals surface area contributed by atoms with E-state index in [0.29, 0.717) is 35.9 Å². The summed E-state index contributed by atoms with van der Waals surface area (Å²) in [7, 11) is 0. The van der Waals surface area contributed by atoms with E-state index in [1.165, 1.54) is 11.1 Å². The summed E-state index contributed by atoms with van der Waals surface area (Å²) in [5.41, 5.74) is 14.4. The standard InChI is InChI=1S/C18H18N4O2.C6H5ClN.Y/c23-18(21-7-6-14-3-1-2-4-15(14)12-21)16-11-19-22-8-5-13(10-20-24)9-17(16)22;7-5-2-1-3-6(8)4-5;/h1-5,8-9,11,20,24H,6-7,10,12H2;1-4,8H;/q;-1;. The Bertz CT molecular complexity index is 1230. The van der Waals surface area contributed by atoms with Gasteiger partial charge in [0.15, 0.2) is 0 Å². The van der Waals surface area contributed by atoms with Crippen molar-refractivity contribution in [3.8, 4) is 0 Å². The molecule has 0 spiro atoms. The van der Waals surface area contributed by atoms with E-state index in [9.17, 15) is 4.79 Å². The van der Waals surface area contributed by atoms with Crippen LogP contribution >= 0.6 is 11.6 Å². The van der Waals surface area contributed by atoms with Gasteiger partial charge in [0.05, 0.1) is 17.3 Å². The number of carbonyl (C=O) groups excluding carboxylic acids is 1. The predicted octanol–water partition coefficient (Wildman–Crippen LogP) is 5.03. The fourth-order valence-corrected chi connectivity index (χ4v) is 3.91. The van der Waals surface area contributed by atoms with Crippen LogP contribution in [-0.4, -0.2) is 32.2 Å². The number of carbonyl (C=O) groups is 1. The molecule has 0 saturated carbocycles. The van der Waals surface area contributed by atoms with Crippen molar-refractivity contribution >= 4 is 28.7 Å². The molecule has 1 amide bonds. The molecule has 33 heavy (non-hydrogen) atoms. The molecule has 1 radical (unpaired) electrons. The van der Waals surface area contributed by atoms with E-state index in [-0.39, 0.29) is 38.6 Å². The number of aromatic nitrogens is 2. The normalized spacial score (nSPS) is 12.4. The Balaban J connectivity index is 0.000000290. The van der Waals surface area contributed by atoms with Crippen molar-refractivity contribution in [2.75, 3.05) is 6.54 Å². The molecule has 7 nitrogen and oxygen atoms in total. The van der Waals surface area contributed by atoms with Crippen molar-refractivity contribution in [1.82, 2.24) is 20.0 Å². The monoisotopic (exact) mass is 537 g/mol. The summed E-state index contributed by atoms with van der Waals surface area (Å²) < 4.78 is 1.69. The van der Waals surface area contributed by atoms with Gasteiger partial charge in [-0.1, -0.05) is 54.1 Å². The maximum atomic E-state index is 13.0. The van der Waals surface area contributed by atoms with Gasteiger partial charge in [-0.3, -0.25) is 4.79 Å². The van der Waals surface area contributed by atoms with Gasteiger partial charge in [-0.05, 0) is 41.3 Å². The van der Waals surface area contributed by atoms with Crippen LogP contribution in [0.15, 0.2) is 73.1 Å². The Morgan fingerprint density at radius 3 is 2.61 bits per heavy atom. The van der Waals surface area contributed by atoms with E-state index in [0.717, 1.165) is 17.5 Å². The molecule has 5 rings (SSSR count). The van der Waals surface area contributed by atoms with Gasteiger partial charge in [0.1, 0.15) is 0 Å². The number of amides is 1. The van der Waals surface area contributed by atoms with Crippen LogP contribution in [0.3, 0.4) is 0 Å². The van der Waals surface area contributed by atoms with Gasteiger partial charge in [-0.15, -0.1) is 5.69 Å². The predicted molar refractivity (Wildman–Crippen MR) is 124 cm³/mol. The summed E-state index contributed by atoms with van der Waals surface area (Å²) >= 11 is 5.52. The number of rotatable bonds is 3. The third kappa shape index (κ3) is 6.19. The molecule has 1 aliphatic heterocycles. The topological polar surface area (TPSA) is 93.7 Å². The van der Waals surface area contributed by atoms with Crippen LogP contribution < -0.4 is 5.48 Å². The molecule has 0 fully saturated rings. The number of fused-ring (bicyclic) bond motifs is 2. The Morgan fingerprint density at radius 2 is 1.91 bits per heavy atom. The molecule has 0 saturated heterocycles. The van der Waals surface area contributed by atoms with Gasteiger partial charge in [0.25, 0.3) is 5.91 Å². The van der Waals surface area contributed by atoms with Crippen LogP contribution in [0.25, 0.3) is 11.3 Å². The largest absolute Gasteiger partial charge is 0.699 e. The molecule has 2 aromatic heterocycles. The Hall–Kier alpha value is -2.29. The zero-order valence-electron chi connectivity index (χ0n) is 17.9. The summed E-state index contributed by atoms with van der Waals surface area (Å²) in [6.07, 6.45) is 4.29. The molecular formula is C24H23ClN5O2Y-. The Morgan fingerprint density at radius 1 is 1.12 bits per heavy atom. The molecule has 4 aromatic rings. The van der Waals surface area contributed by atoms with Crippen LogP contribution in [0, 0.1) is 0 Å². The number of halogens is 1. The Kier molecular flexibility index (Phi) is 9.00. The van der Waals surface area contributed by atoms with Crippen molar-refractivity contribution in [2.45, 2.75) is 19.5 Å². The molecule has 3 N–H and O–H groups in total. The summed E-state index contributed by atoms with van der Waals surface area (Å²) in [5, 5.41) is 13.8. The quantitative estimate of drug-likeness (QED) is 0.358. The maximum absolute atomic E-state index is 13.0. The zero-order chi connectivity index (χ0) is 22.5. The van der Waals surface area contributed by atoms with Crippen LogP contribution in [-0.2, 0) is 52.2 Å². The average molecular weight is 538 g/mol. The van der Waals surface area contributed by atoms with E-state index >= 15 is 0 Å². The maximum Gasteiger partial charge on any atom is 0.258 e.